The van der Waals surface area contributed by atoms with E-state index in [4.69, 9.17) is 4.74 Å². The Balaban J connectivity index is 1.38. The van der Waals surface area contributed by atoms with E-state index < -0.39 is 11.9 Å². The molecule has 0 spiro atoms. The monoisotopic (exact) mass is 386 g/mol. The molecule has 0 aromatic heterocycles. The van der Waals surface area contributed by atoms with E-state index in [1.165, 1.54) is 4.90 Å². The average Bonchev–Trinajstić information content (AvgIpc) is 3.28. The lowest BCUT2D eigenvalue weighted by Gasteiger charge is -2.29. The van der Waals surface area contributed by atoms with Crippen molar-refractivity contribution in [2.45, 2.75) is 37.9 Å². The second-order valence-electron chi connectivity index (χ2n) is 7.25. The molecule has 148 valence electrons. The number of hydrogen-bond acceptors (Lipinski definition) is 6. The summed E-state index contributed by atoms with van der Waals surface area (Å²) < 4.78 is 5.23. The van der Waals surface area contributed by atoms with Gasteiger partial charge in [0.15, 0.2) is 0 Å². The number of hydrogen-bond donors (Lipinski definition) is 3. The van der Waals surface area contributed by atoms with Crippen LogP contribution in [0.4, 0.5) is 5.69 Å². The second-order valence-corrected chi connectivity index (χ2v) is 7.25. The molecule has 3 aliphatic rings. The minimum absolute atomic E-state index is 0.0537. The van der Waals surface area contributed by atoms with Gasteiger partial charge in [-0.2, -0.15) is 0 Å². The highest BCUT2D eigenvalue weighted by Gasteiger charge is 2.39. The van der Waals surface area contributed by atoms with Gasteiger partial charge in [-0.25, -0.2) is 0 Å². The highest BCUT2D eigenvalue weighted by Crippen LogP contribution is 2.29. The summed E-state index contributed by atoms with van der Waals surface area (Å²) in [6.45, 7) is 1.63. The van der Waals surface area contributed by atoms with Gasteiger partial charge in [-0.15, -0.1) is 0 Å². The number of rotatable bonds is 5. The third kappa shape index (κ3) is 3.70. The van der Waals surface area contributed by atoms with Crippen LogP contribution in [0.3, 0.4) is 0 Å². The topological polar surface area (TPSA) is 117 Å². The van der Waals surface area contributed by atoms with E-state index in [0.29, 0.717) is 37.4 Å². The van der Waals surface area contributed by atoms with E-state index in [1.54, 1.807) is 6.07 Å². The predicted octanol–water partition coefficient (Wildman–Crippen LogP) is -0.235. The number of imide groups is 1. The molecule has 2 saturated heterocycles. The molecule has 3 N–H and O–H groups in total. The fourth-order valence-corrected chi connectivity index (χ4v) is 3.77. The maximum Gasteiger partial charge on any atom is 0.255 e. The molecule has 4 rings (SSSR count). The van der Waals surface area contributed by atoms with Crippen LogP contribution >= 0.6 is 0 Å². The minimum Gasteiger partial charge on any atom is -0.379 e. The summed E-state index contributed by atoms with van der Waals surface area (Å²) in [6.07, 6.45) is 1.38. The minimum atomic E-state index is -0.631. The Hall–Kier alpha value is -2.94. The number of piperidine rings is 1. The van der Waals surface area contributed by atoms with E-state index in [1.807, 2.05) is 12.1 Å². The molecule has 0 aliphatic carbocycles. The summed E-state index contributed by atoms with van der Waals surface area (Å²) in [5.74, 6) is -1.10. The Labute approximate surface area is 161 Å². The van der Waals surface area contributed by atoms with E-state index in [2.05, 4.69) is 16.0 Å². The maximum atomic E-state index is 12.8. The van der Waals surface area contributed by atoms with Gasteiger partial charge in [0, 0.05) is 30.8 Å². The summed E-state index contributed by atoms with van der Waals surface area (Å²) in [5.41, 5.74) is 2.00. The lowest BCUT2D eigenvalue weighted by atomic mass is 10.0. The highest BCUT2D eigenvalue weighted by atomic mass is 16.5. The van der Waals surface area contributed by atoms with Gasteiger partial charge in [-0.05, 0) is 30.5 Å². The van der Waals surface area contributed by atoms with Crippen LogP contribution in [0.15, 0.2) is 18.2 Å². The smallest absolute Gasteiger partial charge is 0.255 e. The number of ether oxygens (including phenoxy) is 1. The molecule has 28 heavy (non-hydrogen) atoms. The molecular formula is C19H22N4O5. The zero-order chi connectivity index (χ0) is 19.7. The standard InChI is InChI=1S/C19H22N4O5/c24-16-4-3-15(18(26)22-16)23-9-11-1-2-12(7-14(11)19(23)27)20-8-17(25)21-13-5-6-28-10-13/h1-2,7,13,15,20H,3-6,8-10H2,(H,21,25)(H,22,24,26). The summed E-state index contributed by atoms with van der Waals surface area (Å²) in [5, 5.41) is 8.21. The number of nitrogens with zero attached hydrogens (tertiary/aromatic N) is 1. The molecule has 9 heteroatoms. The molecular weight excluding hydrogens is 364 g/mol. The largest absolute Gasteiger partial charge is 0.379 e. The van der Waals surface area contributed by atoms with E-state index in [-0.39, 0.29) is 36.7 Å². The Kier molecular flexibility index (Phi) is 4.99. The third-order valence-corrected chi connectivity index (χ3v) is 5.28. The van der Waals surface area contributed by atoms with E-state index in [0.717, 1.165) is 12.0 Å². The Morgan fingerprint density at radius 1 is 1.25 bits per heavy atom. The Morgan fingerprint density at radius 3 is 2.86 bits per heavy atom. The van der Waals surface area contributed by atoms with Crippen LogP contribution in [-0.2, 0) is 25.7 Å². The quantitative estimate of drug-likeness (QED) is 0.602. The molecule has 1 aromatic rings. The summed E-state index contributed by atoms with van der Waals surface area (Å²) in [6, 6.07) is 4.76. The summed E-state index contributed by atoms with van der Waals surface area (Å²) in [7, 11) is 0. The normalized spacial score (nSPS) is 24.1. The Bertz CT molecular complexity index is 834. The van der Waals surface area contributed by atoms with Crippen molar-refractivity contribution in [2.75, 3.05) is 25.1 Å². The van der Waals surface area contributed by atoms with Crippen molar-refractivity contribution in [1.29, 1.82) is 0 Å². The van der Waals surface area contributed by atoms with Gasteiger partial charge in [0.05, 0.1) is 19.2 Å². The predicted molar refractivity (Wildman–Crippen MR) is 98.3 cm³/mol. The fraction of sp³-hybridized carbons (Fsp3) is 0.474. The SMILES string of the molecule is O=C1CCC(N2Cc3ccc(NCC(=O)NC4CCOC4)cc3C2=O)C(=O)N1. The summed E-state index contributed by atoms with van der Waals surface area (Å²) >= 11 is 0. The Morgan fingerprint density at radius 2 is 2.11 bits per heavy atom. The molecule has 0 bridgehead atoms. The van der Waals surface area contributed by atoms with Crippen molar-refractivity contribution in [3.8, 4) is 0 Å². The zero-order valence-electron chi connectivity index (χ0n) is 15.3. The summed E-state index contributed by atoms with van der Waals surface area (Å²) in [4.78, 5) is 49.7. The molecule has 3 aliphatic heterocycles. The lowest BCUT2D eigenvalue weighted by molar-refractivity contribution is -0.137. The van der Waals surface area contributed by atoms with Crippen molar-refractivity contribution in [1.82, 2.24) is 15.5 Å². The van der Waals surface area contributed by atoms with Crippen LogP contribution in [0.1, 0.15) is 35.2 Å². The number of anilines is 1. The van der Waals surface area contributed by atoms with Gasteiger partial charge in [0.25, 0.3) is 5.91 Å². The van der Waals surface area contributed by atoms with Crippen molar-refractivity contribution >= 4 is 29.3 Å². The molecule has 4 amide bonds. The van der Waals surface area contributed by atoms with Gasteiger partial charge in [0.2, 0.25) is 17.7 Å². The van der Waals surface area contributed by atoms with Crippen LogP contribution in [0.25, 0.3) is 0 Å². The van der Waals surface area contributed by atoms with Crippen LogP contribution in [0, 0.1) is 0 Å². The highest BCUT2D eigenvalue weighted by molar-refractivity contribution is 6.05. The molecule has 2 unspecified atom stereocenters. The van der Waals surface area contributed by atoms with E-state index >= 15 is 0 Å². The van der Waals surface area contributed by atoms with Crippen LogP contribution in [-0.4, -0.2) is 60.4 Å². The molecule has 2 fully saturated rings. The van der Waals surface area contributed by atoms with Crippen molar-refractivity contribution in [3.05, 3.63) is 29.3 Å². The molecule has 0 saturated carbocycles. The first-order chi connectivity index (χ1) is 13.5. The lowest BCUT2D eigenvalue weighted by Crippen LogP contribution is -2.52. The molecule has 1 aromatic carbocycles. The maximum absolute atomic E-state index is 12.8. The third-order valence-electron chi connectivity index (χ3n) is 5.28. The molecule has 3 heterocycles. The number of fused-ring (bicyclic) bond motifs is 1. The first-order valence-corrected chi connectivity index (χ1v) is 9.40. The number of amides is 4. The molecule has 2 atom stereocenters. The van der Waals surface area contributed by atoms with Gasteiger partial charge < -0.3 is 20.3 Å². The fourth-order valence-electron chi connectivity index (χ4n) is 3.77. The number of nitrogens with one attached hydrogen (secondary N) is 3. The number of benzene rings is 1. The molecule has 9 nitrogen and oxygen atoms in total. The van der Waals surface area contributed by atoms with Crippen molar-refractivity contribution in [2.24, 2.45) is 0 Å². The van der Waals surface area contributed by atoms with Gasteiger partial charge >= 0.3 is 0 Å². The molecule has 0 radical (unpaired) electrons. The first-order valence-electron chi connectivity index (χ1n) is 9.40. The van der Waals surface area contributed by atoms with Gasteiger partial charge in [0.1, 0.15) is 6.04 Å². The van der Waals surface area contributed by atoms with Crippen LogP contribution in [0.5, 0.6) is 0 Å². The van der Waals surface area contributed by atoms with Crippen LogP contribution in [0.2, 0.25) is 0 Å². The van der Waals surface area contributed by atoms with Gasteiger partial charge in [-0.3, -0.25) is 24.5 Å². The van der Waals surface area contributed by atoms with Crippen molar-refractivity contribution in [3.63, 3.8) is 0 Å². The van der Waals surface area contributed by atoms with E-state index in [9.17, 15) is 19.2 Å². The number of carbonyl (C=O) groups is 4. The average molecular weight is 386 g/mol. The van der Waals surface area contributed by atoms with Crippen LogP contribution < -0.4 is 16.0 Å². The first kappa shape index (κ1) is 18.4. The van der Waals surface area contributed by atoms with Gasteiger partial charge in [-0.1, -0.05) is 6.07 Å². The number of carbonyl (C=O) groups excluding carboxylic acids is 4. The van der Waals surface area contributed by atoms with Crippen molar-refractivity contribution < 1.29 is 23.9 Å². The second kappa shape index (κ2) is 7.59. The zero-order valence-corrected chi connectivity index (χ0v) is 15.3.